The molecular weight excluding hydrogens is 314 g/mol. The predicted molar refractivity (Wildman–Crippen MR) is 97.4 cm³/mol. The Labute approximate surface area is 146 Å². The second-order valence-electron chi connectivity index (χ2n) is 6.03. The Bertz CT molecular complexity index is 900. The van der Waals surface area contributed by atoms with Gasteiger partial charge in [0, 0.05) is 41.6 Å². The zero-order valence-corrected chi connectivity index (χ0v) is 14.4. The average molecular weight is 335 g/mol. The number of amides is 1. The summed E-state index contributed by atoms with van der Waals surface area (Å²) >= 11 is 0. The topological polar surface area (TPSA) is 64.0 Å². The SMILES string of the molecule is CC[C@H](C(=O)NCc1cccnc1)n1cc(C(C)=O)c2ccccc21. The molecule has 1 N–H and O–H groups in total. The van der Waals surface area contributed by atoms with Gasteiger partial charge in [0.05, 0.1) is 0 Å². The van der Waals surface area contributed by atoms with Crippen molar-refractivity contribution in [2.24, 2.45) is 0 Å². The van der Waals surface area contributed by atoms with Crippen molar-refractivity contribution >= 4 is 22.6 Å². The van der Waals surface area contributed by atoms with Crippen molar-refractivity contribution in [3.8, 4) is 0 Å². The number of hydrogen-bond donors (Lipinski definition) is 1. The number of aromatic nitrogens is 2. The van der Waals surface area contributed by atoms with E-state index in [2.05, 4.69) is 10.3 Å². The molecule has 0 saturated heterocycles. The lowest BCUT2D eigenvalue weighted by Gasteiger charge is -2.18. The first-order chi connectivity index (χ1) is 12.1. The molecule has 0 aliphatic carbocycles. The van der Waals surface area contributed by atoms with E-state index in [1.165, 1.54) is 0 Å². The molecule has 1 amide bonds. The van der Waals surface area contributed by atoms with Gasteiger partial charge in [0.25, 0.3) is 0 Å². The van der Waals surface area contributed by atoms with Gasteiger partial charge in [-0.25, -0.2) is 0 Å². The quantitative estimate of drug-likeness (QED) is 0.701. The van der Waals surface area contributed by atoms with E-state index in [1.807, 2.05) is 47.9 Å². The third kappa shape index (κ3) is 3.45. The number of ketones is 1. The molecule has 3 aromatic rings. The van der Waals surface area contributed by atoms with Crippen LogP contribution >= 0.6 is 0 Å². The van der Waals surface area contributed by atoms with Crippen LogP contribution in [0.1, 0.15) is 42.2 Å². The second kappa shape index (κ2) is 7.30. The fourth-order valence-electron chi connectivity index (χ4n) is 3.06. The molecule has 2 heterocycles. The average Bonchev–Trinajstić information content (AvgIpc) is 3.01. The van der Waals surface area contributed by atoms with Crippen LogP contribution in [0.2, 0.25) is 0 Å². The van der Waals surface area contributed by atoms with Gasteiger partial charge in [-0.15, -0.1) is 0 Å². The molecule has 0 fully saturated rings. The summed E-state index contributed by atoms with van der Waals surface area (Å²) in [6.07, 6.45) is 5.87. The third-order valence-electron chi connectivity index (χ3n) is 4.33. The van der Waals surface area contributed by atoms with Crippen molar-refractivity contribution < 1.29 is 9.59 Å². The number of hydrogen-bond acceptors (Lipinski definition) is 3. The first kappa shape index (κ1) is 16.9. The maximum absolute atomic E-state index is 12.7. The fourth-order valence-corrected chi connectivity index (χ4v) is 3.06. The van der Waals surface area contributed by atoms with E-state index >= 15 is 0 Å². The number of nitrogens with zero attached hydrogens (tertiary/aromatic N) is 2. The van der Waals surface area contributed by atoms with E-state index in [1.54, 1.807) is 25.5 Å². The lowest BCUT2D eigenvalue weighted by atomic mass is 10.1. The van der Waals surface area contributed by atoms with Crippen molar-refractivity contribution in [3.63, 3.8) is 0 Å². The van der Waals surface area contributed by atoms with Gasteiger partial charge in [0.15, 0.2) is 5.78 Å². The number of nitrogens with one attached hydrogen (secondary N) is 1. The Morgan fingerprint density at radius 3 is 2.68 bits per heavy atom. The molecule has 3 rings (SSSR count). The summed E-state index contributed by atoms with van der Waals surface area (Å²) in [6, 6.07) is 11.1. The first-order valence-corrected chi connectivity index (χ1v) is 8.39. The zero-order valence-electron chi connectivity index (χ0n) is 14.4. The van der Waals surface area contributed by atoms with Gasteiger partial charge in [-0.05, 0) is 31.0 Å². The van der Waals surface area contributed by atoms with Crippen LogP contribution in [0.3, 0.4) is 0 Å². The number of benzene rings is 1. The molecule has 0 saturated carbocycles. The molecule has 0 aliphatic heterocycles. The van der Waals surface area contributed by atoms with Gasteiger partial charge >= 0.3 is 0 Å². The summed E-state index contributed by atoms with van der Waals surface area (Å²) in [5, 5.41) is 3.85. The largest absolute Gasteiger partial charge is 0.350 e. The summed E-state index contributed by atoms with van der Waals surface area (Å²) in [5.41, 5.74) is 2.50. The van der Waals surface area contributed by atoms with Gasteiger partial charge in [-0.2, -0.15) is 0 Å². The van der Waals surface area contributed by atoms with E-state index in [4.69, 9.17) is 0 Å². The Morgan fingerprint density at radius 1 is 1.20 bits per heavy atom. The van der Waals surface area contributed by atoms with Crippen LogP contribution in [0.5, 0.6) is 0 Å². The van der Waals surface area contributed by atoms with Crippen molar-refractivity contribution in [3.05, 3.63) is 66.1 Å². The minimum absolute atomic E-state index is 0.000529. The number of Topliss-reactive ketones (excluding diaryl/α,β-unsaturated/α-hetero) is 1. The smallest absolute Gasteiger partial charge is 0.243 e. The van der Waals surface area contributed by atoms with Crippen molar-refractivity contribution in [2.45, 2.75) is 32.9 Å². The van der Waals surface area contributed by atoms with Crippen molar-refractivity contribution in [2.75, 3.05) is 0 Å². The summed E-state index contributed by atoms with van der Waals surface area (Å²) < 4.78 is 1.91. The highest BCUT2D eigenvalue weighted by atomic mass is 16.2. The number of pyridine rings is 1. The molecule has 25 heavy (non-hydrogen) atoms. The zero-order chi connectivity index (χ0) is 17.8. The summed E-state index contributed by atoms with van der Waals surface area (Å²) in [5.74, 6) is -0.0669. The monoisotopic (exact) mass is 335 g/mol. The normalized spacial score (nSPS) is 12.1. The maximum atomic E-state index is 12.7. The van der Waals surface area contributed by atoms with E-state index in [0.29, 0.717) is 18.5 Å². The predicted octanol–water partition coefficient (Wildman–Crippen LogP) is 3.51. The Kier molecular flexibility index (Phi) is 4.93. The number of carbonyl (C=O) groups is 2. The number of fused-ring (bicyclic) bond motifs is 1. The summed E-state index contributed by atoms with van der Waals surface area (Å²) in [4.78, 5) is 28.7. The Morgan fingerprint density at radius 2 is 2.00 bits per heavy atom. The van der Waals surface area contributed by atoms with E-state index in [-0.39, 0.29) is 17.7 Å². The first-order valence-electron chi connectivity index (χ1n) is 8.39. The van der Waals surface area contributed by atoms with Crippen LogP contribution in [0.15, 0.2) is 55.0 Å². The lowest BCUT2D eigenvalue weighted by molar-refractivity contribution is -0.124. The molecule has 5 heteroatoms. The minimum Gasteiger partial charge on any atom is -0.350 e. The Balaban J connectivity index is 1.89. The van der Waals surface area contributed by atoms with Gasteiger partial charge in [-0.3, -0.25) is 14.6 Å². The van der Waals surface area contributed by atoms with Gasteiger partial charge in [0.2, 0.25) is 5.91 Å². The van der Waals surface area contributed by atoms with Crippen LogP contribution in [0.4, 0.5) is 0 Å². The molecule has 0 radical (unpaired) electrons. The summed E-state index contributed by atoms with van der Waals surface area (Å²) in [7, 11) is 0. The molecule has 0 bridgehead atoms. The highest BCUT2D eigenvalue weighted by Crippen LogP contribution is 2.26. The van der Waals surface area contributed by atoms with Crippen molar-refractivity contribution in [1.29, 1.82) is 0 Å². The van der Waals surface area contributed by atoms with E-state index in [9.17, 15) is 9.59 Å². The second-order valence-corrected chi connectivity index (χ2v) is 6.03. The molecule has 5 nitrogen and oxygen atoms in total. The van der Waals surface area contributed by atoms with E-state index in [0.717, 1.165) is 16.5 Å². The van der Waals surface area contributed by atoms with E-state index < -0.39 is 0 Å². The van der Waals surface area contributed by atoms with Crippen molar-refractivity contribution in [1.82, 2.24) is 14.9 Å². The van der Waals surface area contributed by atoms with Crippen LogP contribution in [-0.4, -0.2) is 21.2 Å². The van der Waals surface area contributed by atoms with Gasteiger partial charge in [0.1, 0.15) is 6.04 Å². The number of rotatable bonds is 6. The molecule has 1 aromatic carbocycles. The maximum Gasteiger partial charge on any atom is 0.243 e. The standard InChI is InChI=1S/C20H21N3O2/c1-3-18(20(25)22-12-15-7-6-10-21-11-15)23-13-17(14(2)24)16-8-4-5-9-19(16)23/h4-11,13,18H,3,12H2,1-2H3,(H,22,25)/t18-/m1/s1. The summed E-state index contributed by atoms with van der Waals surface area (Å²) in [6.45, 7) is 3.95. The molecule has 2 aromatic heterocycles. The number of carbonyl (C=O) groups excluding carboxylic acids is 2. The molecule has 0 aliphatic rings. The fraction of sp³-hybridized carbons (Fsp3) is 0.250. The third-order valence-corrected chi connectivity index (χ3v) is 4.33. The van der Waals surface area contributed by atoms with Gasteiger partial charge in [-0.1, -0.05) is 31.2 Å². The molecular formula is C20H21N3O2. The van der Waals surface area contributed by atoms with Gasteiger partial charge < -0.3 is 9.88 Å². The van der Waals surface area contributed by atoms with Crippen LogP contribution in [-0.2, 0) is 11.3 Å². The minimum atomic E-state index is -0.366. The van der Waals surface area contributed by atoms with Crippen LogP contribution < -0.4 is 5.32 Å². The Hall–Kier alpha value is -2.95. The lowest BCUT2D eigenvalue weighted by Crippen LogP contribution is -2.31. The molecule has 128 valence electrons. The molecule has 0 spiro atoms. The molecule has 1 atom stereocenters. The highest BCUT2D eigenvalue weighted by molar-refractivity contribution is 6.07. The highest BCUT2D eigenvalue weighted by Gasteiger charge is 2.22. The molecule has 0 unspecified atom stereocenters. The van der Waals surface area contributed by atoms with Crippen LogP contribution in [0, 0.1) is 0 Å². The number of para-hydroxylation sites is 1. The van der Waals surface area contributed by atoms with Crippen LogP contribution in [0.25, 0.3) is 10.9 Å².